The number of rotatable bonds is 2. The maximum absolute atomic E-state index is 8.86. The van der Waals surface area contributed by atoms with Crippen molar-refractivity contribution in [3.8, 4) is 6.07 Å². The van der Waals surface area contributed by atoms with Crippen LogP contribution in [0.15, 0.2) is 24.3 Å². The van der Waals surface area contributed by atoms with E-state index >= 15 is 0 Å². The summed E-state index contributed by atoms with van der Waals surface area (Å²) in [4.78, 5) is 4.80. The molecule has 0 amide bonds. The van der Waals surface area contributed by atoms with Gasteiger partial charge in [-0.3, -0.25) is 0 Å². The van der Waals surface area contributed by atoms with Crippen molar-refractivity contribution in [3.05, 3.63) is 29.8 Å². The fourth-order valence-corrected chi connectivity index (χ4v) is 2.09. The molecule has 0 saturated carbocycles. The first-order valence-corrected chi connectivity index (χ1v) is 5.81. The third-order valence-electron chi connectivity index (χ3n) is 3.16. The zero-order chi connectivity index (χ0) is 11.4. The molecule has 1 aromatic rings. The van der Waals surface area contributed by atoms with Gasteiger partial charge in [-0.05, 0) is 24.7 Å². The lowest BCUT2D eigenvalue weighted by molar-refractivity contribution is 0.271. The molecule has 0 aromatic heterocycles. The van der Waals surface area contributed by atoms with Crippen molar-refractivity contribution < 1.29 is 0 Å². The normalized spacial score (nSPS) is 17.1. The number of anilines is 1. The molecule has 3 heteroatoms. The Kier molecular flexibility index (Phi) is 3.43. The van der Waals surface area contributed by atoms with E-state index in [1.807, 2.05) is 18.2 Å². The van der Waals surface area contributed by atoms with Gasteiger partial charge in [0.25, 0.3) is 0 Å². The summed E-state index contributed by atoms with van der Waals surface area (Å²) in [5.74, 6) is 0. The lowest BCUT2D eigenvalue weighted by atomic mass is 10.2. The van der Waals surface area contributed by atoms with Crippen molar-refractivity contribution >= 4 is 5.69 Å². The Morgan fingerprint density at radius 1 is 1.25 bits per heavy atom. The van der Waals surface area contributed by atoms with Gasteiger partial charge in [-0.1, -0.05) is 13.0 Å². The molecule has 2 rings (SSSR count). The first-order chi connectivity index (χ1) is 7.83. The molecule has 0 N–H and O–H groups in total. The Morgan fingerprint density at radius 2 is 2.00 bits per heavy atom. The number of likely N-dealkylation sites (N-methyl/N-ethyl adjacent to an activating group) is 1. The molecule has 1 saturated heterocycles. The van der Waals surface area contributed by atoms with Crippen LogP contribution >= 0.6 is 0 Å². The van der Waals surface area contributed by atoms with Crippen molar-refractivity contribution in [1.29, 1.82) is 5.26 Å². The monoisotopic (exact) mass is 215 g/mol. The van der Waals surface area contributed by atoms with Crippen LogP contribution in [0.3, 0.4) is 0 Å². The molecule has 0 radical (unpaired) electrons. The Labute approximate surface area is 96.9 Å². The summed E-state index contributed by atoms with van der Waals surface area (Å²) in [7, 11) is 0. The fourth-order valence-electron chi connectivity index (χ4n) is 2.09. The summed E-state index contributed by atoms with van der Waals surface area (Å²) in [6, 6.07) is 10.1. The number of piperazine rings is 1. The van der Waals surface area contributed by atoms with E-state index < -0.39 is 0 Å². The van der Waals surface area contributed by atoms with Crippen LogP contribution in [0.25, 0.3) is 0 Å². The van der Waals surface area contributed by atoms with Crippen LogP contribution in [0.2, 0.25) is 0 Å². The summed E-state index contributed by atoms with van der Waals surface area (Å²) in [5, 5.41) is 8.86. The number of hydrogen-bond acceptors (Lipinski definition) is 3. The smallest absolute Gasteiger partial charge is 0.0992 e. The van der Waals surface area contributed by atoms with E-state index in [9.17, 15) is 0 Å². The molecule has 1 aliphatic heterocycles. The minimum Gasteiger partial charge on any atom is -0.369 e. The molecule has 1 fully saturated rings. The average molecular weight is 215 g/mol. The first-order valence-electron chi connectivity index (χ1n) is 5.81. The van der Waals surface area contributed by atoms with Gasteiger partial charge in [-0.2, -0.15) is 5.26 Å². The minimum atomic E-state index is 0.746. The SMILES string of the molecule is CCN1CCN(c2cccc(C#N)c2)CC1. The van der Waals surface area contributed by atoms with Crippen LogP contribution < -0.4 is 4.90 Å². The van der Waals surface area contributed by atoms with Crippen LogP contribution in [0, 0.1) is 11.3 Å². The third-order valence-corrected chi connectivity index (χ3v) is 3.16. The van der Waals surface area contributed by atoms with Crippen molar-refractivity contribution in [2.45, 2.75) is 6.92 Å². The van der Waals surface area contributed by atoms with Crippen molar-refractivity contribution in [3.63, 3.8) is 0 Å². The number of hydrogen-bond donors (Lipinski definition) is 0. The quantitative estimate of drug-likeness (QED) is 0.752. The molecule has 1 heterocycles. The molecule has 0 spiro atoms. The van der Waals surface area contributed by atoms with Gasteiger partial charge in [0.15, 0.2) is 0 Å². The Morgan fingerprint density at radius 3 is 2.62 bits per heavy atom. The van der Waals surface area contributed by atoms with Crippen LogP contribution in [0.4, 0.5) is 5.69 Å². The topological polar surface area (TPSA) is 30.3 Å². The van der Waals surface area contributed by atoms with Crippen molar-refractivity contribution in [2.24, 2.45) is 0 Å². The summed E-state index contributed by atoms with van der Waals surface area (Å²) in [6.07, 6.45) is 0. The molecular weight excluding hydrogens is 198 g/mol. The summed E-state index contributed by atoms with van der Waals surface area (Å²) >= 11 is 0. The van der Waals surface area contributed by atoms with Gasteiger partial charge in [0.05, 0.1) is 11.6 Å². The van der Waals surface area contributed by atoms with Gasteiger partial charge < -0.3 is 9.80 Å². The zero-order valence-corrected chi connectivity index (χ0v) is 9.69. The third kappa shape index (κ3) is 2.34. The molecule has 16 heavy (non-hydrogen) atoms. The minimum absolute atomic E-state index is 0.746. The van der Waals surface area contributed by atoms with E-state index in [4.69, 9.17) is 5.26 Å². The van der Waals surface area contributed by atoms with Crippen LogP contribution in [-0.2, 0) is 0 Å². The highest BCUT2D eigenvalue weighted by molar-refractivity contribution is 5.51. The standard InChI is InChI=1S/C13H17N3/c1-2-15-6-8-16(9-7-15)13-5-3-4-12(10-13)11-14/h3-5,10H,2,6-9H2,1H3. The van der Waals surface area contributed by atoms with E-state index in [0.29, 0.717) is 0 Å². The van der Waals surface area contributed by atoms with Crippen molar-refractivity contribution in [2.75, 3.05) is 37.6 Å². The van der Waals surface area contributed by atoms with Crippen LogP contribution in [-0.4, -0.2) is 37.6 Å². The highest BCUT2D eigenvalue weighted by Crippen LogP contribution is 2.17. The predicted octanol–water partition coefficient (Wildman–Crippen LogP) is 1.70. The second-order valence-electron chi connectivity index (χ2n) is 4.08. The summed E-state index contributed by atoms with van der Waals surface area (Å²) < 4.78 is 0. The second-order valence-corrected chi connectivity index (χ2v) is 4.08. The maximum Gasteiger partial charge on any atom is 0.0992 e. The molecule has 1 aromatic carbocycles. The Hall–Kier alpha value is -1.53. The molecular formula is C13H17N3. The summed E-state index contributed by atoms with van der Waals surface area (Å²) in [6.45, 7) is 7.68. The molecule has 3 nitrogen and oxygen atoms in total. The van der Waals surface area contributed by atoms with Crippen LogP contribution in [0.1, 0.15) is 12.5 Å². The van der Waals surface area contributed by atoms with Gasteiger partial charge in [-0.15, -0.1) is 0 Å². The number of nitriles is 1. The first kappa shape index (κ1) is 11.0. The average Bonchev–Trinajstić information content (AvgIpc) is 2.39. The fraction of sp³-hybridized carbons (Fsp3) is 0.462. The molecule has 0 aliphatic carbocycles. The highest BCUT2D eigenvalue weighted by atomic mass is 15.3. The van der Waals surface area contributed by atoms with Crippen molar-refractivity contribution in [1.82, 2.24) is 4.90 Å². The number of benzene rings is 1. The van der Waals surface area contributed by atoms with Gasteiger partial charge in [0.2, 0.25) is 0 Å². The lowest BCUT2D eigenvalue weighted by Crippen LogP contribution is -2.46. The molecule has 84 valence electrons. The molecule has 0 bridgehead atoms. The Bertz CT molecular complexity index is 386. The molecule has 1 aliphatic rings. The van der Waals surface area contributed by atoms with Crippen LogP contribution in [0.5, 0.6) is 0 Å². The number of nitrogens with zero attached hydrogens (tertiary/aromatic N) is 3. The zero-order valence-electron chi connectivity index (χ0n) is 9.69. The van der Waals surface area contributed by atoms with Gasteiger partial charge >= 0.3 is 0 Å². The maximum atomic E-state index is 8.86. The van der Waals surface area contributed by atoms with E-state index in [-0.39, 0.29) is 0 Å². The highest BCUT2D eigenvalue weighted by Gasteiger charge is 2.15. The lowest BCUT2D eigenvalue weighted by Gasteiger charge is -2.35. The van der Waals surface area contributed by atoms with Gasteiger partial charge in [-0.25, -0.2) is 0 Å². The second kappa shape index (κ2) is 5.00. The summed E-state index contributed by atoms with van der Waals surface area (Å²) in [5.41, 5.74) is 1.92. The van der Waals surface area contributed by atoms with E-state index in [2.05, 4.69) is 28.9 Å². The van der Waals surface area contributed by atoms with E-state index in [1.165, 1.54) is 5.69 Å². The van der Waals surface area contributed by atoms with E-state index in [1.54, 1.807) is 0 Å². The van der Waals surface area contributed by atoms with Gasteiger partial charge in [0.1, 0.15) is 0 Å². The molecule has 0 atom stereocenters. The largest absolute Gasteiger partial charge is 0.369 e. The van der Waals surface area contributed by atoms with E-state index in [0.717, 1.165) is 38.3 Å². The van der Waals surface area contributed by atoms with Gasteiger partial charge in [0, 0.05) is 31.9 Å². The Balaban J connectivity index is 2.05. The predicted molar refractivity (Wildman–Crippen MR) is 65.5 cm³/mol. The molecule has 0 unspecified atom stereocenters.